The van der Waals surface area contributed by atoms with Crippen molar-refractivity contribution in [3.63, 3.8) is 0 Å². The zero-order chi connectivity index (χ0) is 19.6. The van der Waals surface area contributed by atoms with Gasteiger partial charge in [0.15, 0.2) is 0 Å². The number of hydrogen-bond acceptors (Lipinski definition) is 4. The Morgan fingerprint density at radius 3 is 2.70 bits per heavy atom. The van der Waals surface area contributed by atoms with Crippen LogP contribution >= 0.6 is 11.3 Å². The van der Waals surface area contributed by atoms with Crippen LogP contribution in [0.15, 0.2) is 18.2 Å². The predicted molar refractivity (Wildman–Crippen MR) is 101 cm³/mol. The number of primary amides is 1. The van der Waals surface area contributed by atoms with E-state index in [0.717, 1.165) is 42.2 Å². The van der Waals surface area contributed by atoms with Crippen molar-refractivity contribution < 1.29 is 18.4 Å². The maximum atomic E-state index is 13.8. The van der Waals surface area contributed by atoms with Crippen LogP contribution in [0.1, 0.15) is 52.2 Å². The van der Waals surface area contributed by atoms with E-state index < -0.39 is 23.6 Å². The molecule has 5 nitrogen and oxygen atoms in total. The molecule has 0 bridgehead atoms. The fraction of sp³-hybridized carbons (Fsp3) is 0.368. The standard InChI is InChI=1S/C19H21F2N3O2S/c1-10(12-7-6-11(20)8-14(12)21)23-9-16(25)24-19-17(18(22)26)13-4-2-3-5-15(13)27-19/h6-8,10,23H,2-5,9H2,1H3,(H2,22,26)(H,24,25)/t10-/m1/s1. The van der Waals surface area contributed by atoms with Crippen molar-refractivity contribution in [3.8, 4) is 0 Å². The number of rotatable bonds is 6. The fourth-order valence-electron chi connectivity index (χ4n) is 3.29. The number of anilines is 1. The highest BCUT2D eigenvalue weighted by Gasteiger charge is 2.25. The summed E-state index contributed by atoms with van der Waals surface area (Å²) in [5.41, 5.74) is 7.14. The van der Waals surface area contributed by atoms with Crippen LogP contribution in [-0.2, 0) is 17.6 Å². The molecule has 1 heterocycles. The minimum Gasteiger partial charge on any atom is -0.365 e. The lowest BCUT2D eigenvalue weighted by molar-refractivity contribution is -0.115. The average Bonchev–Trinajstić information content (AvgIpc) is 2.97. The number of fused-ring (bicyclic) bond motifs is 1. The zero-order valence-corrected chi connectivity index (χ0v) is 15.7. The van der Waals surface area contributed by atoms with Crippen molar-refractivity contribution in [1.82, 2.24) is 5.32 Å². The lowest BCUT2D eigenvalue weighted by Crippen LogP contribution is -2.31. The molecule has 0 aliphatic heterocycles. The summed E-state index contributed by atoms with van der Waals surface area (Å²) in [6, 6.07) is 2.84. The number of amides is 2. The minimum absolute atomic E-state index is 0.0846. The first-order chi connectivity index (χ1) is 12.9. The van der Waals surface area contributed by atoms with Gasteiger partial charge in [0.25, 0.3) is 5.91 Å². The highest BCUT2D eigenvalue weighted by Crippen LogP contribution is 2.37. The normalized spacial score (nSPS) is 14.5. The van der Waals surface area contributed by atoms with E-state index >= 15 is 0 Å². The Kier molecular flexibility index (Phi) is 5.86. The second kappa shape index (κ2) is 8.14. The maximum absolute atomic E-state index is 13.8. The van der Waals surface area contributed by atoms with E-state index in [-0.39, 0.29) is 18.0 Å². The fourth-order valence-corrected chi connectivity index (χ4v) is 4.60. The van der Waals surface area contributed by atoms with Crippen LogP contribution in [-0.4, -0.2) is 18.4 Å². The number of halogens is 2. The van der Waals surface area contributed by atoms with E-state index in [0.29, 0.717) is 10.6 Å². The van der Waals surface area contributed by atoms with Crippen LogP contribution in [0.2, 0.25) is 0 Å². The van der Waals surface area contributed by atoms with E-state index in [1.165, 1.54) is 23.5 Å². The molecule has 0 fully saturated rings. The van der Waals surface area contributed by atoms with Crippen LogP contribution in [0.5, 0.6) is 0 Å². The molecule has 2 aromatic rings. The van der Waals surface area contributed by atoms with Crippen molar-refractivity contribution in [2.75, 3.05) is 11.9 Å². The molecule has 0 saturated heterocycles. The minimum atomic E-state index is -0.669. The molecule has 0 spiro atoms. The van der Waals surface area contributed by atoms with E-state index in [2.05, 4.69) is 10.6 Å². The van der Waals surface area contributed by atoms with Crippen molar-refractivity contribution >= 4 is 28.2 Å². The van der Waals surface area contributed by atoms with Gasteiger partial charge in [0.2, 0.25) is 5.91 Å². The largest absolute Gasteiger partial charge is 0.365 e. The molecular weight excluding hydrogens is 372 g/mol. The Morgan fingerprint density at radius 1 is 1.26 bits per heavy atom. The SMILES string of the molecule is C[C@@H](NCC(=O)Nc1sc2c(c1C(N)=O)CCCC2)c1ccc(F)cc1F. The Bertz CT molecular complexity index is 882. The number of benzene rings is 1. The monoisotopic (exact) mass is 393 g/mol. The molecule has 1 aromatic heterocycles. The Labute approximate surface area is 160 Å². The molecule has 27 heavy (non-hydrogen) atoms. The summed E-state index contributed by atoms with van der Waals surface area (Å²) in [6.45, 7) is 1.60. The average molecular weight is 393 g/mol. The molecule has 0 saturated carbocycles. The van der Waals surface area contributed by atoms with Gasteiger partial charge in [-0.1, -0.05) is 6.07 Å². The summed E-state index contributed by atoms with van der Waals surface area (Å²) in [4.78, 5) is 25.2. The third-order valence-corrected chi connectivity index (χ3v) is 5.88. The molecule has 2 amide bonds. The zero-order valence-electron chi connectivity index (χ0n) is 14.9. The van der Waals surface area contributed by atoms with Crippen LogP contribution in [0, 0.1) is 11.6 Å². The van der Waals surface area contributed by atoms with Crippen molar-refractivity contribution in [2.24, 2.45) is 5.73 Å². The molecule has 144 valence electrons. The van der Waals surface area contributed by atoms with Crippen LogP contribution < -0.4 is 16.4 Å². The topological polar surface area (TPSA) is 84.2 Å². The number of thiophene rings is 1. The highest BCUT2D eigenvalue weighted by molar-refractivity contribution is 7.17. The van der Waals surface area contributed by atoms with Gasteiger partial charge in [-0.2, -0.15) is 0 Å². The van der Waals surface area contributed by atoms with E-state index in [9.17, 15) is 18.4 Å². The molecule has 1 aromatic carbocycles. The number of hydrogen-bond donors (Lipinski definition) is 3. The molecule has 1 aliphatic rings. The smallest absolute Gasteiger partial charge is 0.251 e. The maximum Gasteiger partial charge on any atom is 0.251 e. The molecular formula is C19H21F2N3O2S. The molecule has 0 radical (unpaired) electrons. The molecule has 1 aliphatic carbocycles. The second-order valence-corrected chi connectivity index (χ2v) is 7.70. The number of carbonyl (C=O) groups is 2. The van der Waals surface area contributed by atoms with Crippen molar-refractivity contribution in [1.29, 1.82) is 0 Å². The Balaban J connectivity index is 1.66. The summed E-state index contributed by atoms with van der Waals surface area (Å²) >= 11 is 1.39. The number of nitrogens with two attached hydrogens (primary N) is 1. The van der Waals surface area contributed by atoms with Crippen LogP contribution in [0.25, 0.3) is 0 Å². The summed E-state index contributed by atoms with van der Waals surface area (Å²) in [7, 11) is 0. The van der Waals surface area contributed by atoms with Gasteiger partial charge in [-0.15, -0.1) is 11.3 Å². The second-order valence-electron chi connectivity index (χ2n) is 6.60. The Morgan fingerprint density at radius 2 is 2.00 bits per heavy atom. The molecule has 4 N–H and O–H groups in total. The van der Waals surface area contributed by atoms with Crippen LogP contribution in [0.4, 0.5) is 13.8 Å². The lowest BCUT2D eigenvalue weighted by atomic mass is 9.95. The first kappa shape index (κ1) is 19.4. The summed E-state index contributed by atoms with van der Waals surface area (Å²) in [5.74, 6) is -2.22. The van der Waals surface area contributed by atoms with Gasteiger partial charge < -0.3 is 16.4 Å². The molecule has 3 rings (SSSR count). The van der Waals surface area contributed by atoms with Gasteiger partial charge >= 0.3 is 0 Å². The first-order valence-electron chi connectivity index (χ1n) is 8.79. The highest BCUT2D eigenvalue weighted by atomic mass is 32.1. The number of nitrogens with one attached hydrogen (secondary N) is 2. The lowest BCUT2D eigenvalue weighted by Gasteiger charge is -2.15. The van der Waals surface area contributed by atoms with Crippen molar-refractivity contribution in [2.45, 2.75) is 38.6 Å². The third-order valence-electron chi connectivity index (χ3n) is 4.67. The van der Waals surface area contributed by atoms with Gasteiger partial charge in [0.05, 0.1) is 12.1 Å². The summed E-state index contributed by atoms with van der Waals surface area (Å²) in [5, 5.41) is 6.12. The Hall–Kier alpha value is -2.32. The number of aryl methyl sites for hydroxylation is 1. The first-order valence-corrected chi connectivity index (χ1v) is 9.61. The third kappa shape index (κ3) is 4.33. The molecule has 0 unspecified atom stereocenters. The number of carbonyl (C=O) groups excluding carboxylic acids is 2. The van der Waals surface area contributed by atoms with Crippen molar-refractivity contribution in [3.05, 3.63) is 51.4 Å². The predicted octanol–water partition coefficient (Wildman–Crippen LogP) is 3.29. The van der Waals surface area contributed by atoms with Gasteiger partial charge in [0, 0.05) is 22.5 Å². The van der Waals surface area contributed by atoms with Gasteiger partial charge in [-0.05, 0) is 44.2 Å². The van der Waals surface area contributed by atoms with Gasteiger partial charge in [-0.3, -0.25) is 9.59 Å². The molecule has 1 atom stereocenters. The van der Waals surface area contributed by atoms with E-state index in [1.54, 1.807) is 6.92 Å². The summed E-state index contributed by atoms with van der Waals surface area (Å²) < 4.78 is 26.8. The summed E-state index contributed by atoms with van der Waals surface area (Å²) in [6.07, 6.45) is 3.73. The molecule has 8 heteroatoms. The van der Waals surface area contributed by atoms with Gasteiger partial charge in [-0.25, -0.2) is 8.78 Å². The quantitative estimate of drug-likeness (QED) is 0.704. The van der Waals surface area contributed by atoms with Crippen LogP contribution in [0.3, 0.4) is 0 Å². The van der Waals surface area contributed by atoms with E-state index in [4.69, 9.17) is 5.73 Å². The van der Waals surface area contributed by atoms with E-state index in [1.807, 2.05) is 0 Å². The van der Waals surface area contributed by atoms with Gasteiger partial charge in [0.1, 0.15) is 16.6 Å².